The third kappa shape index (κ3) is 2.98. The first-order valence-electron chi connectivity index (χ1n) is 6.62. The highest BCUT2D eigenvalue weighted by molar-refractivity contribution is 7.99. The van der Waals surface area contributed by atoms with E-state index in [2.05, 4.69) is 15.3 Å². The van der Waals surface area contributed by atoms with E-state index in [4.69, 9.17) is 0 Å². The fourth-order valence-corrected chi connectivity index (χ4v) is 3.47. The highest BCUT2D eigenvalue weighted by Crippen LogP contribution is 2.17. The number of thioether (sulfide) groups is 1. The minimum Gasteiger partial charge on any atom is -0.309 e. The molecule has 2 N–H and O–H groups in total. The molecule has 2 aromatic rings. The Morgan fingerprint density at radius 3 is 3.16 bits per heavy atom. The second-order valence-electron chi connectivity index (χ2n) is 4.82. The summed E-state index contributed by atoms with van der Waals surface area (Å²) in [5.41, 5.74) is 0.710. The van der Waals surface area contributed by atoms with Gasteiger partial charge in [0, 0.05) is 11.8 Å². The van der Waals surface area contributed by atoms with Gasteiger partial charge in [-0.2, -0.15) is 11.8 Å². The maximum Gasteiger partial charge on any atom is 0.258 e. The molecule has 1 fully saturated rings. The molecule has 19 heavy (non-hydrogen) atoms. The van der Waals surface area contributed by atoms with Crippen LogP contribution in [0.1, 0.15) is 18.7 Å². The molecule has 1 saturated heterocycles. The minimum atomic E-state index is -0.0552. The lowest BCUT2D eigenvalue weighted by atomic mass is 10.2. The van der Waals surface area contributed by atoms with Crippen molar-refractivity contribution in [3.63, 3.8) is 0 Å². The van der Waals surface area contributed by atoms with Gasteiger partial charge in [0.2, 0.25) is 0 Å². The number of fused-ring (bicyclic) bond motifs is 1. The number of nitrogens with one attached hydrogen (secondary N) is 2. The van der Waals surface area contributed by atoms with Crippen LogP contribution in [0.15, 0.2) is 29.1 Å². The topological polar surface area (TPSA) is 57.8 Å². The molecular weight excluding hydrogens is 258 g/mol. The molecule has 1 unspecified atom stereocenters. The Bertz CT molecular complexity index is 619. The van der Waals surface area contributed by atoms with E-state index in [9.17, 15) is 4.79 Å². The zero-order valence-corrected chi connectivity index (χ0v) is 11.5. The van der Waals surface area contributed by atoms with Gasteiger partial charge in [-0.05, 0) is 30.7 Å². The van der Waals surface area contributed by atoms with Crippen molar-refractivity contribution in [2.24, 2.45) is 0 Å². The Kier molecular flexibility index (Phi) is 3.84. The van der Waals surface area contributed by atoms with Crippen molar-refractivity contribution < 1.29 is 0 Å². The van der Waals surface area contributed by atoms with Crippen LogP contribution < -0.4 is 10.9 Å². The maximum atomic E-state index is 11.9. The molecule has 2 heterocycles. The summed E-state index contributed by atoms with van der Waals surface area (Å²) in [5.74, 6) is 3.14. The summed E-state index contributed by atoms with van der Waals surface area (Å²) in [6.07, 6.45) is 2.48. The molecule has 0 aliphatic carbocycles. The van der Waals surface area contributed by atoms with Crippen LogP contribution in [0, 0.1) is 0 Å². The molecule has 0 radical (unpaired) electrons. The van der Waals surface area contributed by atoms with Crippen molar-refractivity contribution >= 4 is 22.7 Å². The lowest BCUT2D eigenvalue weighted by molar-refractivity contribution is 0.499. The van der Waals surface area contributed by atoms with Gasteiger partial charge in [-0.15, -0.1) is 0 Å². The summed E-state index contributed by atoms with van der Waals surface area (Å²) in [6, 6.07) is 7.98. The van der Waals surface area contributed by atoms with E-state index >= 15 is 0 Å². The molecule has 1 aromatic heterocycles. The molecule has 1 aromatic carbocycles. The molecule has 0 saturated carbocycles. The molecule has 100 valence electrons. The Labute approximate surface area is 116 Å². The fraction of sp³-hybridized carbons (Fsp3) is 0.429. The second-order valence-corrected chi connectivity index (χ2v) is 5.97. The molecule has 0 bridgehead atoms. The SMILES string of the molecule is O=c1[nH]c(CNC2CCCSC2)nc2ccccc12. The average molecular weight is 275 g/mol. The lowest BCUT2D eigenvalue weighted by Gasteiger charge is -2.22. The monoisotopic (exact) mass is 275 g/mol. The van der Waals surface area contributed by atoms with Crippen molar-refractivity contribution in [1.29, 1.82) is 0 Å². The number of hydrogen-bond donors (Lipinski definition) is 2. The van der Waals surface area contributed by atoms with Crippen LogP contribution in [-0.4, -0.2) is 27.5 Å². The molecule has 0 amide bonds. The van der Waals surface area contributed by atoms with Gasteiger partial charge in [0.1, 0.15) is 5.82 Å². The van der Waals surface area contributed by atoms with Gasteiger partial charge in [-0.25, -0.2) is 4.98 Å². The number of para-hydroxylation sites is 1. The van der Waals surface area contributed by atoms with E-state index in [1.165, 1.54) is 18.6 Å². The van der Waals surface area contributed by atoms with Crippen LogP contribution in [0.4, 0.5) is 0 Å². The predicted octanol–water partition coefficient (Wildman–Crippen LogP) is 1.91. The summed E-state index contributed by atoms with van der Waals surface area (Å²) < 4.78 is 0. The van der Waals surface area contributed by atoms with E-state index in [0.29, 0.717) is 18.0 Å². The Balaban J connectivity index is 1.75. The highest BCUT2D eigenvalue weighted by atomic mass is 32.2. The number of H-pyrrole nitrogens is 1. The first kappa shape index (κ1) is 12.7. The molecule has 1 atom stereocenters. The van der Waals surface area contributed by atoms with E-state index in [0.717, 1.165) is 17.1 Å². The summed E-state index contributed by atoms with van der Waals surface area (Å²) in [6.45, 7) is 0.630. The van der Waals surface area contributed by atoms with E-state index in [-0.39, 0.29) is 5.56 Å². The van der Waals surface area contributed by atoms with Gasteiger partial charge >= 0.3 is 0 Å². The van der Waals surface area contributed by atoms with Crippen molar-refractivity contribution in [3.05, 3.63) is 40.4 Å². The molecule has 3 rings (SSSR count). The number of nitrogens with zero attached hydrogens (tertiary/aromatic N) is 1. The van der Waals surface area contributed by atoms with Crippen LogP contribution in [-0.2, 0) is 6.54 Å². The summed E-state index contributed by atoms with van der Waals surface area (Å²) in [7, 11) is 0. The van der Waals surface area contributed by atoms with Gasteiger partial charge in [0.25, 0.3) is 5.56 Å². The number of hydrogen-bond acceptors (Lipinski definition) is 4. The Hall–Kier alpha value is -1.33. The zero-order valence-electron chi connectivity index (χ0n) is 10.7. The third-order valence-corrected chi connectivity index (χ3v) is 4.60. The lowest BCUT2D eigenvalue weighted by Crippen LogP contribution is -2.34. The van der Waals surface area contributed by atoms with Crippen molar-refractivity contribution in [3.8, 4) is 0 Å². The van der Waals surface area contributed by atoms with Crippen molar-refractivity contribution in [2.45, 2.75) is 25.4 Å². The van der Waals surface area contributed by atoms with Crippen LogP contribution in [0.25, 0.3) is 10.9 Å². The zero-order chi connectivity index (χ0) is 13.1. The third-order valence-electron chi connectivity index (χ3n) is 3.38. The van der Waals surface area contributed by atoms with Crippen LogP contribution in [0.5, 0.6) is 0 Å². The molecule has 4 nitrogen and oxygen atoms in total. The fourth-order valence-electron chi connectivity index (χ4n) is 2.36. The number of aromatic nitrogens is 2. The quantitative estimate of drug-likeness (QED) is 0.898. The first-order valence-corrected chi connectivity index (χ1v) is 7.77. The van der Waals surface area contributed by atoms with Gasteiger partial charge in [0.15, 0.2) is 0 Å². The van der Waals surface area contributed by atoms with Gasteiger partial charge in [-0.3, -0.25) is 4.79 Å². The largest absolute Gasteiger partial charge is 0.309 e. The Morgan fingerprint density at radius 2 is 2.32 bits per heavy atom. The van der Waals surface area contributed by atoms with Crippen molar-refractivity contribution in [2.75, 3.05) is 11.5 Å². The smallest absolute Gasteiger partial charge is 0.258 e. The second kappa shape index (κ2) is 5.75. The molecule has 1 aliphatic rings. The number of rotatable bonds is 3. The van der Waals surface area contributed by atoms with E-state index in [1.54, 1.807) is 6.07 Å². The predicted molar refractivity (Wildman–Crippen MR) is 79.6 cm³/mol. The van der Waals surface area contributed by atoms with Crippen LogP contribution >= 0.6 is 11.8 Å². The molecular formula is C14H17N3OS. The summed E-state index contributed by atoms with van der Waals surface area (Å²) in [4.78, 5) is 19.3. The number of benzene rings is 1. The van der Waals surface area contributed by atoms with Crippen molar-refractivity contribution in [1.82, 2.24) is 15.3 Å². The Morgan fingerprint density at radius 1 is 1.42 bits per heavy atom. The van der Waals surface area contributed by atoms with E-state index < -0.39 is 0 Å². The average Bonchev–Trinajstić information content (AvgIpc) is 2.46. The van der Waals surface area contributed by atoms with Gasteiger partial charge < -0.3 is 10.3 Å². The summed E-state index contributed by atoms with van der Waals surface area (Å²) >= 11 is 1.99. The molecule has 0 spiro atoms. The normalized spacial score (nSPS) is 19.7. The highest BCUT2D eigenvalue weighted by Gasteiger charge is 2.13. The van der Waals surface area contributed by atoms with Crippen LogP contribution in [0.2, 0.25) is 0 Å². The summed E-state index contributed by atoms with van der Waals surface area (Å²) in [5, 5.41) is 4.13. The molecule has 1 aliphatic heterocycles. The van der Waals surface area contributed by atoms with E-state index in [1.807, 2.05) is 30.0 Å². The first-order chi connectivity index (χ1) is 9.33. The standard InChI is InChI=1S/C14H17N3OS/c18-14-11-5-1-2-6-12(11)16-13(17-14)8-15-10-4-3-7-19-9-10/h1-2,5-6,10,15H,3-4,7-9H2,(H,16,17,18). The van der Waals surface area contributed by atoms with Crippen LogP contribution in [0.3, 0.4) is 0 Å². The van der Waals surface area contributed by atoms with Gasteiger partial charge in [-0.1, -0.05) is 12.1 Å². The number of aromatic amines is 1. The molecule has 5 heteroatoms. The minimum absolute atomic E-state index is 0.0552. The maximum absolute atomic E-state index is 11.9. The van der Waals surface area contributed by atoms with Gasteiger partial charge in [0.05, 0.1) is 17.4 Å².